The van der Waals surface area contributed by atoms with E-state index in [1.807, 2.05) is 36.4 Å². The Bertz CT molecular complexity index is 978. The molecule has 0 spiro atoms. The van der Waals surface area contributed by atoms with Crippen LogP contribution in [0.2, 0.25) is 0 Å². The number of anilines is 4. The Morgan fingerprint density at radius 3 is 2.58 bits per heavy atom. The number of furan rings is 1. The van der Waals surface area contributed by atoms with E-state index in [0.29, 0.717) is 30.0 Å². The summed E-state index contributed by atoms with van der Waals surface area (Å²) in [7, 11) is 0. The second kappa shape index (κ2) is 7.03. The molecule has 26 heavy (non-hydrogen) atoms. The van der Waals surface area contributed by atoms with Gasteiger partial charge in [0.15, 0.2) is 11.6 Å². The second-order valence-electron chi connectivity index (χ2n) is 5.43. The van der Waals surface area contributed by atoms with E-state index in [1.165, 1.54) is 6.33 Å². The molecule has 5 N–H and O–H groups in total. The summed E-state index contributed by atoms with van der Waals surface area (Å²) < 4.78 is 5.33. The van der Waals surface area contributed by atoms with Crippen molar-refractivity contribution in [2.24, 2.45) is 5.73 Å². The molecule has 0 radical (unpaired) electrons. The Kier molecular flexibility index (Phi) is 4.27. The fourth-order valence-corrected chi connectivity index (χ4v) is 2.33. The highest BCUT2D eigenvalue weighted by molar-refractivity contribution is 5.60. The molecule has 0 saturated heterocycles. The number of H-pyrrole nitrogens is 1. The third-order valence-electron chi connectivity index (χ3n) is 3.62. The van der Waals surface area contributed by atoms with Gasteiger partial charge in [-0.1, -0.05) is 12.1 Å². The van der Waals surface area contributed by atoms with Crippen molar-refractivity contribution in [3.8, 4) is 11.5 Å². The number of hydrogen-bond donors (Lipinski definition) is 4. The van der Waals surface area contributed by atoms with Crippen molar-refractivity contribution in [2.75, 3.05) is 10.6 Å². The van der Waals surface area contributed by atoms with Crippen LogP contribution in [0, 0.1) is 0 Å². The monoisotopic (exact) mass is 348 g/mol. The number of rotatable bonds is 6. The van der Waals surface area contributed by atoms with Gasteiger partial charge in [-0.05, 0) is 29.8 Å². The summed E-state index contributed by atoms with van der Waals surface area (Å²) in [4.78, 5) is 12.6. The molecule has 1 aromatic carbocycles. The van der Waals surface area contributed by atoms with Gasteiger partial charge in [-0.3, -0.25) is 5.10 Å². The zero-order chi connectivity index (χ0) is 17.8. The van der Waals surface area contributed by atoms with E-state index in [-0.39, 0.29) is 0 Å². The molecule has 3 aromatic heterocycles. The second-order valence-corrected chi connectivity index (χ2v) is 5.43. The van der Waals surface area contributed by atoms with Gasteiger partial charge in [0.2, 0.25) is 11.9 Å². The van der Waals surface area contributed by atoms with Crippen molar-refractivity contribution in [3.05, 3.63) is 60.6 Å². The summed E-state index contributed by atoms with van der Waals surface area (Å²) in [6, 6.07) is 13.2. The van der Waals surface area contributed by atoms with Crippen LogP contribution in [0.3, 0.4) is 0 Å². The lowest BCUT2D eigenvalue weighted by Gasteiger charge is -2.06. The van der Waals surface area contributed by atoms with E-state index in [0.717, 1.165) is 16.9 Å². The lowest BCUT2D eigenvalue weighted by molar-refractivity contribution is 0.580. The van der Waals surface area contributed by atoms with Crippen molar-refractivity contribution in [2.45, 2.75) is 6.54 Å². The lowest BCUT2D eigenvalue weighted by atomic mass is 10.2. The summed E-state index contributed by atoms with van der Waals surface area (Å²) in [5.74, 6) is 2.06. The summed E-state index contributed by atoms with van der Waals surface area (Å²) >= 11 is 0. The number of benzene rings is 1. The third kappa shape index (κ3) is 3.52. The molecule has 0 unspecified atom stereocenters. The van der Waals surface area contributed by atoms with Crippen LogP contribution in [0.1, 0.15) is 5.56 Å². The van der Waals surface area contributed by atoms with E-state index in [4.69, 9.17) is 10.2 Å². The van der Waals surface area contributed by atoms with Gasteiger partial charge in [-0.25, -0.2) is 9.97 Å². The fraction of sp³-hybridized carbons (Fsp3) is 0.0588. The van der Waals surface area contributed by atoms with Gasteiger partial charge in [0, 0.05) is 18.3 Å². The average Bonchev–Trinajstić information content (AvgIpc) is 3.34. The summed E-state index contributed by atoms with van der Waals surface area (Å²) in [6.45, 7) is 0.504. The smallest absolute Gasteiger partial charge is 0.233 e. The molecule has 0 bridgehead atoms. The molecule has 4 aromatic rings. The zero-order valence-electron chi connectivity index (χ0n) is 13.7. The SMILES string of the molecule is NCc1ccc(Nc2ncnc(Nc3cc(-c4ccco4)[nH]n3)n2)cc1. The molecule has 3 heterocycles. The van der Waals surface area contributed by atoms with Crippen molar-refractivity contribution in [3.63, 3.8) is 0 Å². The number of nitrogens with zero attached hydrogens (tertiary/aromatic N) is 4. The molecular formula is C17H16N8O. The maximum Gasteiger partial charge on any atom is 0.233 e. The number of nitrogens with two attached hydrogens (primary N) is 1. The van der Waals surface area contributed by atoms with Crippen molar-refractivity contribution in [1.29, 1.82) is 0 Å². The first-order chi connectivity index (χ1) is 12.8. The first-order valence-corrected chi connectivity index (χ1v) is 7.91. The van der Waals surface area contributed by atoms with E-state index < -0.39 is 0 Å². The Hall–Kier alpha value is -3.72. The van der Waals surface area contributed by atoms with Gasteiger partial charge >= 0.3 is 0 Å². The summed E-state index contributed by atoms with van der Waals surface area (Å²) in [5.41, 5.74) is 8.27. The van der Waals surface area contributed by atoms with E-state index in [9.17, 15) is 0 Å². The summed E-state index contributed by atoms with van der Waals surface area (Å²) in [6.07, 6.45) is 3.03. The van der Waals surface area contributed by atoms with Crippen LogP contribution in [0.5, 0.6) is 0 Å². The minimum atomic E-state index is 0.374. The minimum absolute atomic E-state index is 0.374. The van der Waals surface area contributed by atoms with Crippen molar-refractivity contribution >= 4 is 23.4 Å². The van der Waals surface area contributed by atoms with Crippen LogP contribution < -0.4 is 16.4 Å². The largest absolute Gasteiger partial charge is 0.463 e. The molecule has 4 rings (SSSR count). The molecule has 9 heteroatoms. The normalized spacial score (nSPS) is 10.7. The molecule has 0 aliphatic rings. The highest BCUT2D eigenvalue weighted by atomic mass is 16.3. The van der Waals surface area contributed by atoms with Crippen LogP contribution >= 0.6 is 0 Å². The van der Waals surface area contributed by atoms with Gasteiger partial charge in [-0.15, -0.1) is 0 Å². The van der Waals surface area contributed by atoms with Gasteiger partial charge in [0.25, 0.3) is 0 Å². The molecule has 0 saturated carbocycles. The number of aromatic nitrogens is 5. The van der Waals surface area contributed by atoms with Crippen LogP contribution in [-0.4, -0.2) is 25.1 Å². The Labute approximate surface area is 148 Å². The van der Waals surface area contributed by atoms with Crippen molar-refractivity contribution < 1.29 is 4.42 Å². The molecule has 0 amide bonds. The first-order valence-electron chi connectivity index (χ1n) is 7.91. The standard InChI is InChI=1S/C17H16N8O/c18-9-11-3-5-12(6-4-11)21-16-19-10-20-17(23-16)22-15-8-13(24-25-15)14-2-1-7-26-14/h1-8,10H,9,18H2,(H3,19,20,21,22,23,24,25). The quantitative estimate of drug-likeness (QED) is 0.418. The highest BCUT2D eigenvalue weighted by Crippen LogP contribution is 2.21. The van der Waals surface area contributed by atoms with Gasteiger partial charge in [-0.2, -0.15) is 10.1 Å². The zero-order valence-corrected chi connectivity index (χ0v) is 13.7. The maximum absolute atomic E-state index is 5.60. The topological polar surface area (TPSA) is 131 Å². The number of aromatic amines is 1. The van der Waals surface area contributed by atoms with Crippen LogP contribution in [0.25, 0.3) is 11.5 Å². The predicted octanol–water partition coefficient (Wildman–Crippen LogP) is 2.80. The summed E-state index contributed by atoms with van der Waals surface area (Å²) in [5, 5.41) is 13.2. The Morgan fingerprint density at radius 2 is 1.85 bits per heavy atom. The maximum atomic E-state index is 5.60. The number of hydrogen-bond acceptors (Lipinski definition) is 8. The Balaban J connectivity index is 1.47. The van der Waals surface area contributed by atoms with Gasteiger partial charge in [0.05, 0.1) is 6.26 Å². The Morgan fingerprint density at radius 1 is 1.04 bits per heavy atom. The molecule has 0 atom stereocenters. The fourth-order valence-electron chi connectivity index (χ4n) is 2.33. The van der Waals surface area contributed by atoms with Gasteiger partial charge in [0.1, 0.15) is 12.0 Å². The third-order valence-corrected chi connectivity index (χ3v) is 3.62. The highest BCUT2D eigenvalue weighted by Gasteiger charge is 2.08. The van der Waals surface area contributed by atoms with E-state index >= 15 is 0 Å². The van der Waals surface area contributed by atoms with Crippen LogP contribution in [0.4, 0.5) is 23.4 Å². The minimum Gasteiger partial charge on any atom is -0.463 e. The molecule has 130 valence electrons. The average molecular weight is 348 g/mol. The van der Waals surface area contributed by atoms with E-state index in [2.05, 4.69) is 35.8 Å². The molecule has 9 nitrogen and oxygen atoms in total. The predicted molar refractivity (Wildman–Crippen MR) is 97.0 cm³/mol. The molecule has 0 fully saturated rings. The van der Waals surface area contributed by atoms with Crippen molar-refractivity contribution in [1.82, 2.24) is 25.1 Å². The number of nitrogens with one attached hydrogen (secondary N) is 3. The van der Waals surface area contributed by atoms with Gasteiger partial charge < -0.3 is 20.8 Å². The van der Waals surface area contributed by atoms with Crippen LogP contribution in [-0.2, 0) is 6.54 Å². The molecule has 0 aliphatic carbocycles. The molecular weight excluding hydrogens is 332 g/mol. The van der Waals surface area contributed by atoms with E-state index in [1.54, 1.807) is 12.3 Å². The molecule has 0 aliphatic heterocycles. The first kappa shape index (κ1) is 15.8. The van der Waals surface area contributed by atoms with Crippen LogP contribution in [0.15, 0.2) is 59.5 Å². The lowest BCUT2D eigenvalue weighted by Crippen LogP contribution is -2.03.